The summed E-state index contributed by atoms with van der Waals surface area (Å²) in [5.74, 6) is -1.05. The molecule has 3 aromatic rings. The van der Waals surface area contributed by atoms with Gasteiger partial charge in [0.05, 0.1) is 16.8 Å². The van der Waals surface area contributed by atoms with Gasteiger partial charge in [-0.25, -0.2) is 5.43 Å². The van der Waals surface area contributed by atoms with Gasteiger partial charge in [0, 0.05) is 19.8 Å². The van der Waals surface area contributed by atoms with Crippen molar-refractivity contribution in [1.82, 2.24) is 10.7 Å². The second-order valence-electron chi connectivity index (χ2n) is 9.55. The van der Waals surface area contributed by atoms with E-state index in [1.165, 1.54) is 5.56 Å². The van der Waals surface area contributed by atoms with Crippen molar-refractivity contribution in [2.45, 2.75) is 26.2 Å². The van der Waals surface area contributed by atoms with Crippen molar-refractivity contribution < 1.29 is 9.59 Å². The summed E-state index contributed by atoms with van der Waals surface area (Å²) in [4.78, 5) is 27.8. The van der Waals surface area contributed by atoms with Gasteiger partial charge in [-0.15, -0.1) is 0 Å². The molecule has 186 valence electrons. The number of carbonyl (C=O) groups excluding carboxylic acids is 2. The fourth-order valence-electron chi connectivity index (χ4n) is 3.32. The van der Waals surface area contributed by atoms with Crippen molar-refractivity contribution in [3.8, 4) is 0 Å². The number of amides is 2. The van der Waals surface area contributed by atoms with Gasteiger partial charge in [-0.1, -0.05) is 80.9 Å². The van der Waals surface area contributed by atoms with Crippen LogP contribution in [0.5, 0.6) is 0 Å². The van der Waals surface area contributed by atoms with E-state index in [1.807, 2.05) is 67.5 Å². The number of hydrazone groups is 1. The van der Waals surface area contributed by atoms with Crippen LogP contribution in [0, 0.1) is 0 Å². The summed E-state index contributed by atoms with van der Waals surface area (Å²) in [6, 6.07) is 22.2. The third-order valence-electron chi connectivity index (χ3n) is 5.49. The Morgan fingerprint density at radius 2 is 1.50 bits per heavy atom. The Kier molecular flexibility index (Phi) is 8.67. The molecular formula is C29H31ClN4O2. The number of anilines is 1. The Balaban J connectivity index is 1.81. The van der Waals surface area contributed by atoms with E-state index in [0.29, 0.717) is 5.02 Å². The van der Waals surface area contributed by atoms with Crippen LogP contribution in [0.25, 0.3) is 6.08 Å². The Morgan fingerprint density at radius 1 is 0.889 bits per heavy atom. The highest BCUT2D eigenvalue weighted by Gasteiger charge is 2.16. The summed E-state index contributed by atoms with van der Waals surface area (Å²) >= 11 is 6.17. The predicted octanol–water partition coefficient (Wildman–Crippen LogP) is 5.62. The summed E-state index contributed by atoms with van der Waals surface area (Å²) in [7, 11) is 3.89. The quantitative estimate of drug-likeness (QED) is 0.250. The number of benzene rings is 3. The van der Waals surface area contributed by atoms with Crippen LogP contribution >= 0.6 is 11.6 Å². The van der Waals surface area contributed by atoms with Gasteiger partial charge in [-0.3, -0.25) is 9.59 Å². The highest BCUT2D eigenvalue weighted by molar-refractivity contribution is 6.34. The van der Waals surface area contributed by atoms with E-state index >= 15 is 0 Å². The average Bonchev–Trinajstić information content (AvgIpc) is 2.84. The molecule has 3 aromatic carbocycles. The summed E-state index contributed by atoms with van der Waals surface area (Å²) in [5.41, 5.74) is 6.66. The van der Waals surface area contributed by atoms with E-state index in [0.717, 1.165) is 16.8 Å². The van der Waals surface area contributed by atoms with Crippen LogP contribution in [0.1, 0.15) is 47.8 Å². The second kappa shape index (κ2) is 11.7. The van der Waals surface area contributed by atoms with Gasteiger partial charge >= 0.3 is 0 Å². The van der Waals surface area contributed by atoms with Crippen LogP contribution in [0.4, 0.5) is 5.69 Å². The number of hydrogen-bond acceptors (Lipinski definition) is 4. The number of nitrogens with one attached hydrogen (secondary N) is 2. The lowest BCUT2D eigenvalue weighted by Crippen LogP contribution is -2.33. The van der Waals surface area contributed by atoms with E-state index in [4.69, 9.17) is 11.6 Å². The number of rotatable bonds is 7. The van der Waals surface area contributed by atoms with Crippen molar-refractivity contribution in [2.24, 2.45) is 5.10 Å². The summed E-state index contributed by atoms with van der Waals surface area (Å²) in [5, 5.41) is 7.05. The van der Waals surface area contributed by atoms with Gasteiger partial charge in [0.2, 0.25) is 0 Å². The number of halogens is 1. The summed E-state index contributed by atoms with van der Waals surface area (Å²) in [6.45, 7) is 6.44. The Hall–Kier alpha value is -3.90. The molecule has 2 amide bonds. The zero-order valence-electron chi connectivity index (χ0n) is 21.2. The first-order chi connectivity index (χ1) is 17.0. The van der Waals surface area contributed by atoms with E-state index in [2.05, 4.69) is 36.6 Å². The Bertz CT molecular complexity index is 1270. The molecule has 0 unspecified atom stereocenters. The van der Waals surface area contributed by atoms with Gasteiger partial charge in [0.1, 0.15) is 5.70 Å². The molecule has 0 radical (unpaired) electrons. The minimum Gasteiger partial charge on any atom is -0.378 e. The molecule has 3 rings (SSSR count). The molecule has 0 bridgehead atoms. The lowest BCUT2D eigenvalue weighted by atomic mass is 9.87. The van der Waals surface area contributed by atoms with Crippen molar-refractivity contribution in [3.63, 3.8) is 0 Å². The van der Waals surface area contributed by atoms with Crippen LogP contribution in [0.15, 0.2) is 83.6 Å². The van der Waals surface area contributed by atoms with Crippen molar-refractivity contribution in [1.29, 1.82) is 0 Å². The molecule has 0 saturated heterocycles. The summed E-state index contributed by atoms with van der Waals surface area (Å²) < 4.78 is 0. The van der Waals surface area contributed by atoms with Crippen LogP contribution in [-0.2, 0) is 10.2 Å². The lowest BCUT2D eigenvalue weighted by molar-refractivity contribution is -0.117. The van der Waals surface area contributed by atoms with Crippen molar-refractivity contribution in [3.05, 3.63) is 106 Å². The number of nitrogens with zero attached hydrogens (tertiary/aromatic N) is 2. The van der Waals surface area contributed by atoms with Gasteiger partial charge < -0.3 is 10.2 Å². The third kappa shape index (κ3) is 7.30. The smallest absolute Gasteiger partial charge is 0.287 e. The van der Waals surface area contributed by atoms with Crippen molar-refractivity contribution in [2.75, 3.05) is 19.0 Å². The molecule has 0 fully saturated rings. The van der Waals surface area contributed by atoms with Gasteiger partial charge in [-0.2, -0.15) is 5.10 Å². The highest BCUT2D eigenvalue weighted by Crippen LogP contribution is 2.22. The molecule has 0 saturated carbocycles. The molecular weight excluding hydrogens is 472 g/mol. The van der Waals surface area contributed by atoms with E-state index in [9.17, 15) is 9.59 Å². The van der Waals surface area contributed by atoms with Crippen LogP contribution in [0.3, 0.4) is 0 Å². The molecule has 36 heavy (non-hydrogen) atoms. The van der Waals surface area contributed by atoms with E-state index < -0.39 is 11.8 Å². The SMILES string of the molecule is CN(C)c1ccc(/C=C(\NC(=O)c2ccccc2Cl)C(=O)N/N=C/c2ccc(C(C)(C)C)cc2)cc1. The first-order valence-corrected chi connectivity index (χ1v) is 11.9. The number of carbonyl (C=O) groups is 2. The zero-order chi connectivity index (χ0) is 26.3. The standard InChI is InChI=1S/C29H31ClN4O2/c1-29(2,3)22-14-10-21(11-15-22)19-31-33-28(36)26(18-20-12-16-23(17-13-20)34(4)5)32-27(35)24-8-6-7-9-25(24)30/h6-19H,1-5H3,(H,32,35)(H,33,36)/b26-18-,31-19+. The second-order valence-corrected chi connectivity index (χ2v) is 9.96. The van der Waals surface area contributed by atoms with Crippen LogP contribution in [-0.4, -0.2) is 32.1 Å². The fraction of sp³-hybridized carbons (Fsp3) is 0.207. The molecule has 7 heteroatoms. The minimum atomic E-state index is -0.561. The monoisotopic (exact) mass is 502 g/mol. The maximum atomic E-state index is 13.0. The van der Waals surface area contributed by atoms with E-state index in [-0.39, 0.29) is 16.7 Å². The molecule has 2 N–H and O–H groups in total. The summed E-state index contributed by atoms with van der Waals surface area (Å²) in [6.07, 6.45) is 3.15. The highest BCUT2D eigenvalue weighted by atomic mass is 35.5. The largest absolute Gasteiger partial charge is 0.378 e. The molecule has 0 aliphatic rings. The lowest BCUT2D eigenvalue weighted by Gasteiger charge is -2.18. The average molecular weight is 503 g/mol. The van der Waals surface area contributed by atoms with Gasteiger partial charge in [0.25, 0.3) is 11.8 Å². The molecule has 0 aromatic heterocycles. The first kappa shape index (κ1) is 26.7. The first-order valence-electron chi connectivity index (χ1n) is 11.5. The minimum absolute atomic E-state index is 0.0396. The predicted molar refractivity (Wildman–Crippen MR) is 149 cm³/mol. The van der Waals surface area contributed by atoms with Gasteiger partial charge in [-0.05, 0) is 52.4 Å². The maximum absolute atomic E-state index is 13.0. The van der Waals surface area contributed by atoms with Crippen LogP contribution < -0.4 is 15.6 Å². The molecule has 0 spiro atoms. The van der Waals surface area contributed by atoms with Crippen LogP contribution in [0.2, 0.25) is 5.02 Å². The normalized spacial score (nSPS) is 11.9. The topological polar surface area (TPSA) is 73.8 Å². The molecule has 0 heterocycles. The van der Waals surface area contributed by atoms with Crippen molar-refractivity contribution >= 4 is 41.4 Å². The Morgan fingerprint density at radius 3 is 2.08 bits per heavy atom. The number of hydrogen-bond donors (Lipinski definition) is 2. The van der Waals surface area contributed by atoms with E-state index in [1.54, 1.807) is 36.6 Å². The molecule has 0 aliphatic carbocycles. The maximum Gasteiger partial charge on any atom is 0.287 e. The Labute approximate surface area is 217 Å². The fourth-order valence-corrected chi connectivity index (χ4v) is 3.55. The zero-order valence-corrected chi connectivity index (χ0v) is 21.9. The van der Waals surface area contributed by atoms with Gasteiger partial charge in [0.15, 0.2) is 0 Å². The molecule has 0 atom stereocenters. The molecule has 0 aliphatic heterocycles. The molecule has 6 nitrogen and oxygen atoms in total. The third-order valence-corrected chi connectivity index (χ3v) is 5.82.